The third-order valence-corrected chi connectivity index (χ3v) is 19.4. The number of phosphoric ester groups is 2. The van der Waals surface area contributed by atoms with Crippen LogP contribution in [-0.4, -0.2) is 177 Å². The SMILES string of the molecule is CO[C@@H]1C(O)[C@H]([n+]2cn(C)c3c(=O)[nH]c(N)nc32)O[C@@H]1COP(=O)(O)OP(=O)(O)OP(=O)(O)SC[C@H]1O[C@@H](n2cnc3c(N)ncnc32)[C@@H](OC)C1OP(=O)(O)OC[C@H]1O[C@@H](n2cnc3c(=O)[nH]c(N)nc32)[C@@H](O)C1O. The van der Waals surface area contributed by atoms with Crippen LogP contribution in [0.2, 0.25) is 0 Å². The summed E-state index contributed by atoms with van der Waals surface area (Å²) < 4.78 is 111. The lowest BCUT2D eigenvalue weighted by Gasteiger charge is -2.26. The number of nitrogen functional groups attached to an aromatic ring is 3. The molecule has 6 aromatic rings. The summed E-state index contributed by atoms with van der Waals surface area (Å²) in [7, 11) is -13.5. The zero-order valence-corrected chi connectivity index (χ0v) is 43.3. The van der Waals surface area contributed by atoms with E-state index in [1.165, 1.54) is 33.4 Å². The second kappa shape index (κ2) is 21.1. The van der Waals surface area contributed by atoms with Crippen molar-refractivity contribution in [2.24, 2.45) is 7.05 Å². The summed E-state index contributed by atoms with van der Waals surface area (Å²) in [6.07, 6.45) is -13.9. The van der Waals surface area contributed by atoms with Gasteiger partial charge in [0, 0.05) is 20.0 Å². The number of ether oxygens (including phenoxy) is 5. The number of fused-ring (bicyclic) bond motifs is 3. The van der Waals surface area contributed by atoms with Crippen molar-refractivity contribution in [3.05, 3.63) is 46.0 Å². The minimum Gasteiger partial charge on any atom is -0.387 e. The highest BCUT2D eigenvalue weighted by atomic mass is 32.7. The molecule has 3 fully saturated rings. The Labute approximate surface area is 426 Å². The molecule has 0 radical (unpaired) electrons. The van der Waals surface area contributed by atoms with E-state index in [0.29, 0.717) is 0 Å². The quantitative estimate of drug-likeness (QED) is 0.0263. The van der Waals surface area contributed by atoms with Crippen molar-refractivity contribution in [3.63, 3.8) is 0 Å². The standard InChI is InChI=1S/C33H45N15O23P4S/c1-45-10-48(26-16(45)28(53)44-33(36)42-26)30-19(51)20(62-2)12(67-30)5-65-73(56,57)70-74(58,59)71-75(60,61)76-6-13-21(22(63-3)31(68-13)46-8-39-14-23(34)37-7-38-24(14)46)69-72(54,55)64-4-11-17(49)18(50)29(66-11)47-9-40-15-25(47)41-32(35)43-27(15)52/h7-13,17-22,29-31,49-51H,4-6H2,1-3H3,(H11-,34,35,36,37,38,41,42,43,44,52,53,54,55,56,57,58,59,60,61)/p+1/t11-,12-,13-,17?,18+,19?,20+,21?,22+,29-,30-,31-/m1/s1. The number of nitrogens with one attached hydrogen (secondary N) is 2. The summed E-state index contributed by atoms with van der Waals surface area (Å²) in [6.45, 7) is -7.47. The maximum absolute atomic E-state index is 13.7. The number of rotatable bonds is 20. The number of aromatic amines is 2. The number of imidazole rings is 3. The van der Waals surface area contributed by atoms with Gasteiger partial charge in [0.25, 0.3) is 17.1 Å². The zero-order chi connectivity index (χ0) is 55.0. The number of H-pyrrole nitrogens is 2. The molecule has 0 bridgehead atoms. The van der Waals surface area contributed by atoms with E-state index < -0.39 is 134 Å². The lowest BCUT2D eigenvalue weighted by Crippen LogP contribution is -2.46. The fraction of sp³-hybridized carbons (Fsp3) is 0.545. The van der Waals surface area contributed by atoms with Crippen molar-refractivity contribution in [2.75, 3.05) is 50.4 Å². The van der Waals surface area contributed by atoms with Crippen molar-refractivity contribution in [1.82, 2.24) is 53.6 Å². The molecule has 3 aliphatic rings. The first-order chi connectivity index (χ1) is 35.7. The minimum atomic E-state index is -6.08. The van der Waals surface area contributed by atoms with Gasteiger partial charge in [0.1, 0.15) is 60.7 Å². The molecule has 9 rings (SSSR count). The molecule has 15 N–H and O–H groups in total. The summed E-state index contributed by atoms with van der Waals surface area (Å²) in [4.78, 5) is 96.5. The molecular weight excluding hydrogens is 1130 g/mol. The third kappa shape index (κ3) is 11.1. The van der Waals surface area contributed by atoms with E-state index in [0.717, 1.165) is 31.4 Å². The molecule has 0 aromatic carbocycles. The van der Waals surface area contributed by atoms with Gasteiger partial charge in [-0.25, -0.2) is 42.8 Å². The number of phosphoric acid groups is 3. The van der Waals surface area contributed by atoms with Crippen molar-refractivity contribution in [3.8, 4) is 0 Å². The van der Waals surface area contributed by atoms with Crippen LogP contribution in [0.15, 0.2) is 34.9 Å². The van der Waals surface area contributed by atoms with Crippen LogP contribution >= 0.6 is 41.6 Å². The highest BCUT2D eigenvalue weighted by Crippen LogP contribution is 2.72. The number of aromatic nitrogens is 12. The number of methoxy groups -OCH3 is 2. The summed E-state index contributed by atoms with van der Waals surface area (Å²) in [5.41, 5.74) is 15.8. The smallest absolute Gasteiger partial charge is 0.387 e. The molecule has 0 saturated carbocycles. The van der Waals surface area contributed by atoms with Crippen LogP contribution in [0.5, 0.6) is 0 Å². The molecule has 3 saturated heterocycles. The molecule has 0 amide bonds. The molecule has 9 heterocycles. The summed E-state index contributed by atoms with van der Waals surface area (Å²) >= 11 is -0.153. The summed E-state index contributed by atoms with van der Waals surface area (Å²) in [5.74, 6) is -1.47. The third-order valence-electron chi connectivity index (χ3n) is 11.8. The highest BCUT2D eigenvalue weighted by molar-refractivity contribution is 8.55. The maximum atomic E-state index is 13.7. The molecule has 16 atom stereocenters. The second-order valence-electron chi connectivity index (χ2n) is 16.7. The Balaban J connectivity index is 0.866. The second-order valence-corrected chi connectivity index (χ2v) is 25.2. The summed E-state index contributed by atoms with van der Waals surface area (Å²) in [6, 6.07) is 0. The van der Waals surface area contributed by atoms with Crippen molar-refractivity contribution < 1.29 is 104 Å². The Bertz CT molecular complexity index is 3490. The zero-order valence-electron chi connectivity index (χ0n) is 38.9. The van der Waals surface area contributed by atoms with Crippen LogP contribution in [-0.2, 0) is 71.2 Å². The Morgan fingerprint density at radius 2 is 1.34 bits per heavy atom. The number of nitrogens with two attached hydrogens (primary N) is 3. The predicted octanol–water partition coefficient (Wildman–Crippen LogP) is -3.34. The van der Waals surface area contributed by atoms with Crippen LogP contribution in [0.1, 0.15) is 18.7 Å². The van der Waals surface area contributed by atoms with Crippen LogP contribution < -0.4 is 32.9 Å². The number of hydrogen-bond acceptors (Lipinski definition) is 29. The van der Waals surface area contributed by atoms with Crippen molar-refractivity contribution in [1.29, 1.82) is 0 Å². The molecular formula is C33H46N15O23P4S+. The van der Waals surface area contributed by atoms with Gasteiger partial charge in [0.15, 0.2) is 41.4 Å². The molecule has 3 aliphatic heterocycles. The molecule has 0 spiro atoms. The molecule has 43 heteroatoms. The predicted molar refractivity (Wildman–Crippen MR) is 250 cm³/mol. The fourth-order valence-electron chi connectivity index (χ4n) is 8.57. The lowest BCUT2D eigenvalue weighted by molar-refractivity contribution is -0.745. The molecule has 416 valence electrons. The number of aryl methyl sites for hydroxylation is 1. The number of aliphatic hydroxyl groups is 3. The average Bonchev–Trinajstić information content (AvgIpc) is 4.20. The van der Waals surface area contributed by atoms with Gasteiger partial charge in [0.2, 0.25) is 17.7 Å². The van der Waals surface area contributed by atoms with Crippen LogP contribution in [0.4, 0.5) is 17.7 Å². The van der Waals surface area contributed by atoms with Gasteiger partial charge in [-0.2, -0.15) is 13.6 Å². The largest absolute Gasteiger partial charge is 0.488 e. The van der Waals surface area contributed by atoms with Crippen LogP contribution in [0.25, 0.3) is 33.5 Å². The Morgan fingerprint density at radius 1 is 0.711 bits per heavy atom. The van der Waals surface area contributed by atoms with E-state index in [-0.39, 0.29) is 62.6 Å². The van der Waals surface area contributed by atoms with E-state index >= 15 is 0 Å². The van der Waals surface area contributed by atoms with E-state index in [1.54, 1.807) is 0 Å². The molecule has 6 aromatic heterocycles. The molecule has 7 unspecified atom stereocenters. The van der Waals surface area contributed by atoms with Gasteiger partial charge in [-0.15, -0.1) is 0 Å². The maximum Gasteiger partial charge on any atom is 0.488 e. The van der Waals surface area contributed by atoms with Crippen molar-refractivity contribution in [2.45, 2.75) is 73.6 Å². The van der Waals surface area contributed by atoms with Crippen LogP contribution in [0, 0.1) is 0 Å². The van der Waals surface area contributed by atoms with E-state index in [2.05, 4.69) is 48.5 Å². The van der Waals surface area contributed by atoms with Gasteiger partial charge < -0.3 is 75.8 Å². The first kappa shape index (κ1) is 56.0. The van der Waals surface area contributed by atoms with E-state index in [4.69, 9.17) is 54.5 Å². The number of aliphatic hydroxyl groups excluding tert-OH is 3. The first-order valence-corrected chi connectivity index (χ1v) is 29.2. The van der Waals surface area contributed by atoms with Crippen molar-refractivity contribution >= 4 is 92.9 Å². The Hall–Kier alpha value is -4.76. The highest BCUT2D eigenvalue weighted by Gasteiger charge is 2.54. The Morgan fingerprint density at radius 3 is 2.05 bits per heavy atom. The topological polar surface area (TPSA) is 542 Å². The molecule has 38 nitrogen and oxygen atoms in total. The summed E-state index contributed by atoms with van der Waals surface area (Å²) in [5, 5.41) is 32.9. The minimum absolute atomic E-state index is 0.0298. The molecule has 0 aliphatic carbocycles. The average molecular weight is 1180 g/mol. The lowest BCUT2D eigenvalue weighted by atomic mass is 10.1. The monoisotopic (exact) mass is 1180 g/mol. The normalized spacial score (nSPS) is 30.2. The number of hydrogen-bond donors (Lipinski definition) is 12. The van der Waals surface area contributed by atoms with Gasteiger partial charge in [0.05, 0.1) is 39.0 Å². The van der Waals surface area contributed by atoms with Gasteiger partial charge in [-0.3, -0.25) is 46.8 Å². The molecule has 76 heavy (non-hydrogen) atoms. The van der Waals surface area contributed by atoms with Gasteiger partial charge in [-0.05, 0) is 11.4 Å². The number of anilines is 3. The number of nitrogens with zero attached hydrogens (tertiary/aromatic N) is 10. The first-order valence-electron chi connectivity index (χ1n) is 21.5. The van der Waals surface area contributed by atoms with Gasteiger partial charge >= 0.3 is 35.9 Å². The van der Waals surface area contributed by atoms with E-state index in [9.17, 15) is 62.7 Å². The Kier molecular flexibility index (Phi) is 15.6. The van der Waals surface area contributed by atoms with Crippen LogP contribution in [0.3, 0.4) is 0 Å². The van der Waals surface area contributed by atoms with Gasteiger partial charge in [-0.1, -0.05) is 4.98 Å². The fourth-order valence-corrected chi connectivity index (χ4v) is 15.5. The van der Waals surface area contributed by atoms with E-state index in [1.807, 2.05) is 0 Å².